The molecule has 3 heterocycles. The van der Waals surface area contributed by atoms with Crippen LogP contribution in [0.15, 0.2) is 53.9 Å². The SMILES string of the molecule is C[NH2+]C(N)c1csc(CNC(=O)[C@@H]2CC3(CN2C(=O)CNC(=O)c2ccc(-c4ccc(F)cc4C(=O)O)cc2)OCCO3)c1. The third-order valence-electron chi connectivity index (χ3n) is 7.65. The molecule has 1 unspecified atom stereocenters. The number of aromatic carboxylic acids is 1. The summed E-state index contributed by atoms with van der Waals surface area (Å²) in [6.45, 7) is 0.638. The molecule has 7 N–H and O–H groups in total. The number of halogens is 1. The lowest BCUT2D eigenvalue weighted by molar-refractivity contribution is -0.669. The van der Waals surface area contributed by atoms with Crippen molar-refractivity contribution in [1.29, 1.82) is 0 Å². The number of carbonyl (C=O) groups is 4. The van der Waals surface area contributed by atoms with Gasteiger partial charge in [-0.2, -0.15) is 0 Å². The summed E-state index contributed by atoms with van der Waals surface area (Å²) in [5, 5.41) is 18.7. The van der Waals surface area contributed by atoms with Crippen LogP contribution in [0.2, 0.25) is 0 Å². The van der Waals surface area contributed by atoms with E-state index in [1.165, 1.54) is 34.4 Å². The van der Waals surface area contributed by atoms with Gasteiger partial charge < -0.3 is 35.4 Å². The highest BCUT2D eigenvalue weighted by Gasteiger charge is 2.52. The van der Waals surface area contributed by atoms with E-state index >= 15 is 0 Å². The molecule has 0 aliphatic carbocycles. The minimum absolute atomic E-state index is 0.0441. The highest BCUT2D eigenvalue weighted by atomic mass is 32.1. The van der Waals surface area contributed by atoms with Crippen LogP contribution in [-0.4, -0.2) is 78.9 Å². The Morgan fingerprint density at radius 3 is 2.55 bits per heavy atom. The Morgan fingerprint density at radius 2 is 1.86 bits per heavy atom. The third kappa shape index (κ3) is 6.79. The topological polar surface area (TPSA) is 177 Å². The summed E-state index contributed by atoms with van der Waals surface area (Å²) >= 11 is 1.48. The Morgan fingerprint density at radius 1 is 1.14 bits per heavy atom. The van der Waals surface area contributed by atoms with Crippen molar-refractivity contribution in [2.45, 2.75) is 31.0 Å². The second-order valence-corrected chi connectivity index (χ2v) is 11.5. The van der Waals surface area contributed by atoms with Crippen molar-refractivity contribution in [3.8, 4) is 11.1 Å². The van der Waals surface area contributed by atoms with Gasteiger partial charge in [-0.05, 0) is 41.5 Å². The van der Waals surface area contributed by atoms with Crippen LogP contribution in [0.4, 0.5) is 4.39 Å². The number of carbonyl (C=O) groups excluding carboxylic acids is 3. The summed E-state index contributed by atoms with van der Waals surface area (Å²) < 4.78 is 25.1. The fraction of sp³-hybridized carbons (Fsp3) is 0.333. The van der Waals surface area contributed by atoms with E-state index in [0.717, 1.165) is 22.6 Å². The Balaban J connectivity index is 1.22. The zero-order valence-electron chi connectivity index (χ0n) is 23.9. The van der Waals surface area contributed by atoms with Crippen LogP contribution in [-0.2, 0) is 25.6 Å². The quantitative estimate of drug-likeness (QED) is 0.205. The number of nitrogens with zero attached hydrogens (tertiary/aromatic N) is 1. The number of hydrogen-bond donors (Lipinski definition) is 5. The Bertz CT molecular complexity index is 1560. The second kappa shape index (κ2) is 13.2. The molecule has 5 rings (SSSR count). The summed E-state index contributed by atoms with van der Waals surface area (Å²) in [6, 6.07) is 10.6. The number of hydrogen-bond acceptors (Lipinski definition) is 8. The number of quaternary nitrogens is 1. The van der Waals surface area contributed by atoms with Crippen LogP contribution in [0.25, 0.3) is 11.1 Å². The lowest BCUT2D eigenvalue weighted by Gasteiger charge is -2.24. The summed E-state index contributed by atoms with van der Waals surface area (Å²) in [5.41, 5.74) is 7.81. The molecule has 1 aromatic heterocycles. The number of ether oxygens (including phenoxy) is 2. The third-order valence-corrected chi connectivity index (χ3v) is 8.61. The van der Waals surface area contributed by atoms with Crippen molar-refractivity contribution in [1.82, 2.24) is 15.5 Å². The van der Waals surface area contributed by atoms with Crippen LogP contribution in [0, 0.1) is 5.82 Å². The average molecular weight is 627 g/mol. The zero-order valence-corrected chi connectivity index (χ0v) is 24.7. The van der Waals surface area contributed by atoms with E-state index in [1.807, 2.05) is 23.8 Å². The first-order valence-electron chi connectivity index (χ1n) is 14.0. The molecule has 0 radical (unpaired) electrons. The van der Waals surface area contributed by atoms with Crippen LogP contribution < -0.4 is 21.7 Å². The number of rotatable bonds is 10. The van der Waals surface area contributed by atoms with Gasteiger partial charge >= 0.3 is 5.97 Å². The van der Waals surface area contributed by atoms with Gasteiger partial charge in [0.05, 0.1) is 45.5 Å². The van der Waals surface area contributed by atoms with Gasteiger partial charge in [-0.25, -0.2) is 9.18 Å². The molecule has 232 valence electrons. The highest BCUT2D eigenvalue weighted by Crippen LogP contribution is 2.35. The van der Waals surface area contributed by atoms with E-state index in [4.69, 9.17) is 15.2 Å². The first kappa shape index (κ1) is 31.2. The molecule has 2 aliphatic rings. The predicted molar refractivity (Wildman–Crippen MR) is 157 cm³/mol. The maximum Gasteiger partial charge on any atom is 0.336 e. The van der Waals surface area contributed by atoms with Gasteiger partial charge in [0, 0.05) is 27.8 Å². The summed E-state index contributed by atoms with van der Waals surface area (Å²) in [4.78, 5) is 53.3. The summed E-state index contributed by atoms with van der Waals surface area (Å²) in [7, 11) is 1.88. The van der Waals surface area contributed by atoms with Crippen molar-refractivity contribution in [3.05, 3.63) is 81.3 Å². The molecule has 14 heteroatoms. The van der Waals surface area contributed by atoms with E-state index in [0.29, 0.717) is 24.3 Å². The summed E-state index contributed by atoms with van der Waals surface area (Å²) in [6.07, 6.45) is -0.0320. The van der Waals surface area contributed by atoms with Crippen molar-refractivity contribution >= 4 is 35.0 Å². The smallest absolute Gasteiger partial charge is 0.336 e. The fourth-order valence-corrected chi connectivity index (χ4v) is 6.17. The van der Waals surface area contributed by atoms with Gasteiger partial charge in [0.15, 0.2) is 12.0 Å². The monoisotopic (exact) mass is 626 g/mol. The van der Waals surface area contributed by atoms with Crippen molar-refractivity contribution in [3.63, 3.8) is 0 Å². The average Bonchev–Trinajstić information content (AvgIpc) is 3.79. The molecule has 2 fully saturated rings. The number of benzene rings is 2. The maximum atomic E-state index is 13.6. The number of nitrogens with one attached hydrogen (secondary N) is 2. The number of amides is 3. The number of carboxylic acid groups (broad SMARTS) is 1. The minimum atomic E-state index is -1.28. The predicted octanol–water partition coefficient (Wildman–Crippen LogP) is 0.793. The van der Waals surface area contributed by atoms with Crippen molar-refractivity contribution < 1.29 is 43.5 Å². The van der Waals surface area contributed by atoms with E-state index in [9.17, 15) is 28.7 Å². The van der Waals surface area contributed by atoms with E-state index < -0.39 is 35.4 Å². The van der Waals surface area contributed by atoms with Gasteiger partial charge in [-0.15, -0.1) is 11.3 Å². The first-order chi connectivity index (χ1) is 21.1. The lowest BCUT2D eigenvalue weighted by Crippen LogP contribution is -2.83. The molecule has 1 spiro atoms. The molecule has 2 saturated heterocycles. The normalized spacial score (nSPS) is 17.9. The minimum Gasteiger partial charge on any atom is -0.478 e. The van der Waals surface area contributed by atoms with E-state index in [1.54, 1.807) is 12.1 Å². The van der Waals surface area contributed by atoms with E-state index in [2.05, 4.69) is 10.6 Å². The molecule has 12 nitrogen and oxygen atoms in total. The highest BCUT2D eigenvalue weighted by molar-refractivity contribution is 7.10. The lowest BCUT2D eigenvalue weighted by atomic mass is 9.98. The first-order valence-corrected chi connectivity index (χ1v) is 14.9. The van der Waals surface area contributed by atoms with Gasteiger partial charge in [0.1, 0.15) is 11.9 Å². The van der Waals surface area contributed by atoms with Crippen LogP contribution >= 0.6 is 11.3 Å². The molecular weight excluding hydrogens is 593 g/mol. The molecule has 2 aliphatic heterocycles. The maximum absolute atomic E-state index is 13.6. The standard InChI is InChI=1S/C30H32FN5O7S/c1-33-26(32)19-10-21(44-15-19)13-34-28(39)24-12-30(42-8-9-43-30)16-36(24)25(37)14-35-27(38)18-4-2-17(3-5-18)22-7-6-20(31)11-23(22)29(40)41/h2-7,10-11,15,24,26,33H,8-9,12-14,16,32H2,1H3,(H,34,39)(H,35,38)(H,40,41)/p+1/t24-,26?/m0/s1. The number of thiophene rings is 1. The second-order valence-electron chi connectivity index (χ2n) is 10.5. The largest absolute Gasteiger partial charge is 0.478 e. The number of carboxylic acids is 1. The zero-order chi connectivity index (χ0) is 31.4. The fourth-order valence-electron chi connectivity index (χ4n) is 5.30. The van der Waals surface area contributed by atoms with Crippen molar-refractivity contribution in [2.75, 3.05) is 33.4 Å². The molecular formula is C30H33FN5O7S+. The molecule has 2 atom stereocenters. The summed E-state index contributed by atoms with van der Waals surface area (Å²) in [5.74, 6) is -4.41. The van der Waals surface area contributed by atoms with Gasteiger partial charge in [-0.3, -0.25) is 20.1 Å². The van der Waals surface area contributed by atoms with Gasteiger partial charge in [0.2, 0.25) is 11.8 Å². The molecule has 3 amide bonds. The molecule has 3 aromatic rings. The van der Waals surface area contributed by atoms with Gasteiger partial charge in [0.25, 0.3) is 5.91 Å². The Hall–Kier alpha value is -4.21. The molecule has 2 aromatic carbocycles. The Labute approximate surface area is 256 Å². The number of likely N-dealkylation sites (tertiary alicyclic amines) is 1. The van der Waals surface area contributed by atoms with E-state index in [-0.39, 0.29) is 49.3 Å². The van der Waals surface area contributed by atoms with Crippen LogP contribution in [0.3, 0.4) is 0 Å². The molecule has 0 bridgehead atoms. The molecule has 0 saturated carbocycles. The van der Waals surface area contributed by atoms with Gasteiger partial charge in [-0.1, -0.05) is 18.2 Å². The van der Waals surface area contributed by atoms with Crippen LogP contribution in [0.5, 0.6) is 0 Å². The van der Waals surface area contributed by atoms with Crippen molar-refractivity contribution in [2.24, 2.45) is 5.73 Å². The number of nitrogens with two attached hydrogens (primary N) is 2. The Kier molecular flexibility index (Phi) is 9.36. The van der Waals surface area contributed by atoms with Crippen LogP contribution in [0.1, 0.15) is 43.7 Å². The molecule has 44 heavy (non-hydrogen) atoms.